The summed E-state index contributed by atoms with van der Waals surface area (Å²) < 4.78 is 0. The molecule has 4 amide bonds. The summed E-state index contributed by atoms with van der Waals surface area (Å²) in [4.78, 5) is 73.2. The van der Waals surface area contributed by atoms with E-state index in [1.807, 2.05) is 23.5 Å². The van der Waals surface area contributed by atoms with E-state index in [1.54, 1.807) is 12.1 Å². The second kappa shape index (κ2) is 19.4. The summed E-state index contributed by atoms with van der Waals surface area (Å²) in [5.41, 5.74) is 17.7. The van der Waals surface area contributed by atoms with Gasteiger partial charge in [0.05, 0.1) is 19.0 Å². The zero-order valence-electron chi connectivity index (χ0n) is 23.6. The van der Waals surface area contributed by atoms with Crippen LogP contribution in [0.5, 0.6) is 0 Å². The summed E-state index contributed by atoms with van der Waals surface area (Å²) in [7, 11) is 0. The molecule has 4 atom stereocenters. The Balaban J connectivity index is 2.92. The standard InChI is InChI=1S/C26H41N9O8/c27-10-4-8-18(34-22(39)16(28)12-15-6-2-1-3-7-15)24(41)35-17(9-5-11-31-26(29)30)23(40)32-14-20(36)33-19(25(42)43)13-21(37)38/h1-3,6-7,16-19H,4-5,8-14,27-28H2,(H,32,40)(H,33,36)(H,34,39)(H,35,41)(H,37,38)(H,42,43)(H4,29,30,31)/t16-,17+,18+,19+/m1/s1. The molecule has 0 aliphatic rings. The maximum Gasteiger partial charge on any atom is 0.326 e. The van der Waals surface area contributed by atoms with Crippen molar-refractivity contribution in [1.29, 1.82) is 5.41 Å². The number of rotatable bonds is 20. The fourth-order valence-electron chi connectivity index (χ4n) is 3.81. The van der Waals surface area contributed by atoms with Crippen LogP contribution in [0.1, 0.15) is 37.7 Å². The number of carbonyl (C=O) groups is 6. The molecule has 0 saturated heterocycles. The first-order chi connectivity index (χ1) is 20.3. The van der Waals surface area contributed by atoms with Crippen LogP contribution in [-0.2, 0) is 35.2 Å². The smallest absolute Gasteiger partial charge is 0.326 e. The number of carboxylic acid groups (broad SMARTS) is 2. The van der Waals surface area contributed by atoms with Gasteiger partial charge in [-0.15, -0.1) is 0 Å². The molecule has 238 valence electrons. The van der Waals surface area contributed by atoms with Gasteiger partial charge in [-0.2, -0.15) is 0 Å². The molecule has 14 N–H and O–H groups in total. The van der Waals surface area contributed by atoms with Gasteiger partial charge < -0.3 is 54.0 Å². The molecule has 1 rings (SSSR count). The Kier molecular flexibility index (Phi) is 16.3. The van der Waals surface area contributed by atoms with Gasteiger partial charge in [0.2, 0.25) is 23.6 Å². The maximum absolute atomic E-state index is 13.2. The molecule has 0 aliphatic heterocycles. The molecular formula is C26H41N9O8. The summed E-state index contributed by atoms with van der Waals surface area (Å²) in [6.07, 6.45) is 0.153. The van der Waals surface area contributed by atoms with Gasteiger partial charge in [0, 0.05) is 6.54 Å². The summed E-state index contributed by atoms with van der Waals surface area (Å²) >= 11 is 0. The highest BCUT2D eigenvalue weighted by Gasteiger charge is 2.29. The molecule has 17 heteroatoms. The van der Waals surface area contributed by atoms with Crippen LogP contribution in [0.15, 0.2) is 30.3 Å². The zero-order chi connectivity index (χ0) is 32.4. The van der Waals surface area contributed by atoms with E-state index in [1.165, 1.54) is 0 Å². The highest BCUT2D eigenvalue weighted by molar-refractivity contribution is 5.94. The predicted molar refractivity (Wildman–Crippen MR) is 154 cm³/mol. The summed E-state index contributed by atoms with van der Waals surface area (Å²) in [5.74, 6) is -6.38. The topological polar surface area (TPSA) is 305 Å². The van der Waals surface area contributed by atoms with E-state index in [0.29, 0.717) is 6.42 Å². The van der Waals surface area contributed by atoms with Crippen LogP contribution in [0.25, 0.3) is 0 Å². The Labute approximate surface area is 248 Å². The van der Waals surface area contributed by atoms with Gasteiger partial charge in [0.15, 0.2) is 5.96 Å². The number of amides is 4. The van der Waals surface area contributed by atoms with Crippen molar-refractivity contribution in [1.82, 2.24) is 26.6 Å². The SMILES string of the molecule is N=C(N)NCCC[C@H](NC(=O)[C@H](CCCN)NC(=O)[C@H](N)Cc1ccccc1)C(=O)NCC(=O)N[C@@H](CC(=O)O)C(=O)O. The molecule has 17 nitrogen and oxygen atoms in total. The highest BCUT2D eigenvalue weighted by atomic mass is 16.4. The van der Waals surface area contributed by atoms with Crippen molar-refractivity contribution in [3.05, 3.63) is 35.9 Å². The molecule has 0 saturated carbocycles. The number of carbonyl (C=O) groups excluding carboxylic acids is 4. The minimum absolute atomic E-state index is 0.0291. The molecule has 1 aromatic carbocycles. The minimum atomic E-state index is -1.71. The molecular weight excluding hydrogens is 566 g/mol. The molecule has 0 bridgehead atoms. The second-order valence-corrected chi connectivity index (χ2v) is 9.61. The van der Waals surface area contributed by atoms with E-state index in [4.69, 9.17) is 32.8 Å². The predicted octanol–water partition coefficient (Wildman–Crippen LogP) is -3.31. The molecule has 1 aromatic rings. The van der Waals surface area contributed by atoms with Crippen molar-refractivity contribution in [3.63, 3.8) is 0 Å². The van der Waals surface area contributed by atoms with Gasteiger partial charge in [-0.25, -0.2) is 4.79 Å². The normalized spacial score (nSPS) is 13.3. The lowest BCUT2D eigenvalue weighted by Crippen LogP contribution is -2.56. The quantitative estimate of drug-likeness (QED) is 0.0394. The number of guanidine groups is 1. The van der Waals surface area contributed by atoms with Crippen LogP contribution in [0, 0.1) is 5.41 Å². The highest BCUT2D eigenvalue weighted by Crippen LogP contribution is 2.05. The molecule has 0 unspecified atom stereocenters. The van der Waals surface area contributed by atoms with Crippen molar-refractivity contribution in [2.45, 2.75) is 62.7 Å². The van der Waals surface area contributed by atoms with E-state index >= 15 is 0 Å². The van der Waals surface area contributed by atoms with Crippen molar-refractivity contribution < 1.29 is 39.0 Å². The number of hydrogen-bond donors (Lipinski definition) is 11. The van der Waals surface area contributed by atoms with E-state index in [9.17, 15) is 28.8 Å². The average Bonchev–Trinajstić information content (AvgIpc) is 2.94. The van der Waals surface area contributed by atoms with Gasteiger partial charge in [-0.1, -0.05) is 30.3 Å². The number of hydrogen-bond acceptors (Lipinski definition) is 9. The fourth-order valence-corrected chi connectivity index (χ4v) is 3.81. The van der Waals surface area contributed by atoms with Gasteiger partial charge in [-0.05, 0) is 44.2 Å². The Bertz CT molecular complexity index is 1120. The van der Waals surface area contributed by atoms with E-state index < -0.39 is 72.7 Å². The monoisotopic (exact) mass is 607 g/mol. The summed E-state index contributed by atoms with van der Waals surface area (Å²) in [5, 5.41) is 37.2. The van der Waals surface area contributed by atoms with Crippen molar-refractivity contribution in [3.8, 4) is 0 Å². The molecule has 0 radical (unpaired) electrons. The number of nitrogens with two attached hydrogens (primary N) is 3. The van der Waals surface area contributed by atoms with Crippen molar-refractivity contribution in [2.24, 2.45) is 17.2 Å². The third-order valence-corrected chi connectivity index (χ3v) is 6.02. The number of aliphatic carboxylic acids is 2. The third kappa shape index (κ3) is 15.1. The van der Waals surface area contributed by atoms with Gasteiger partial charge in [0.25, 0.3) is 0 Å². The Morgan fingerprint density at radius 1 is 0.814 bits per heavy atom. The molecule has 0 spiro atoms. The molecule has 0 fully saturated rings. The van der Waals surface area contributed by atoms with E-state index in [2.05, 4.69) is 21.3 Å². The van der Waals surface area contributed by atoms with Crippen LogP contribution in [0.4, 0.5) is 0 Å². The molecule has 0 aromatic heterocycles. The lowest BCUT2D eigenvalue weighted by molar-refractivity contribution is -0.147. The maximum atomic E-state index is 13.2. The van der Waals surface area contributed by atoms with E-state index in [0.717, 1.165) is 5.56 Å². The van der Waals surface area contributed by atoms with Crippen LogP contribution in [0.2, 0.25) is 0 Å². The Morgan fingerprint density at radius 3 is 2.00 bits per heavy atom. The Morgan fingerprint density at radius 2 is 1.42 bits per heavy atom. The van der Waals surface area contributed by atoms with Gasteiger partial charge in [-0.3, -0.25) is 29.4 Å². The number of benzene rings is 1. The minimum Gasteiger partial charge on any atom is -0.481 e. The lowest BCUT2D eigenvalue weighted by atomic mass is 10.0. The molecule has 43 heavy (non-hydrogen) atoms. The first-order valence-corrected chi connectivity index (χ1v) is 13.5. The van der Waals surface area contributed by atoms with E-state index in [-0.39, 0.29) is 44.7 Å². The number of nitrogens with one attached hydrogen (secondary N) is 6. The zero-order valence-corrected chi connectivity index (χ0v) is 23.6. The first kappa shape index (κ1) is 36.3. The van der Waals surface area contributed by atoms with Crippen LogP contribution < -0.4 is 43.8 Å². The Hall–Kier alpha value is -4.77. The fraction of sp³-hybridized carbons (Fsp3) is 0.500. The molecule has 0 heterocycles. The van der Waals surface area contributed by atoms with Gasteiger partial charge in [0.1, 0.15) is 18.1 Å². The number of carboxylic acids is 2. The van der Waals surface area contributed by atoms with Crippen LogP contribution >= 0.6 is 0 Å². The largest absolute Gasteiger partial charge is 0.481 e. The van der Waals surface area contributed by atoms with Crippen molar-refractivity contribution >= 4 is 41.5 Å². The van der Waals surface area contributed by atoms with Crippen molar-refractivity contribution in [2.75, 3.05) is 19.6 Å². The van der Waals surface area contributed by atoms with Crippen LogP contribution in [0.3, 0.4) is 0 Å². The third-order valence-electron chi connectivity index (χ3n) is 6.02. The summed E-state index contributed by atoms with van der Waals surface area (Å²) in [6.45, 7) is -0.292. The first-order valence-electron chi connectivity index (χ1n) is 13.5. The average molecular weight is 608 g/mol. The van der Waals surface area contributed by atoms with Crippen LogP contribution in [-0.4, -0.2) is 95.5 Å². The van der Waals surface area contributed by atoms with Gasteiger partial charge >= 0.3 is 11.9 Å². The second-order valence-electron chi connectivity index (χ2n) is 9.61. The summed E-state index contributed by atoms with van der Waals surface area (Å²) in [6, 6.07) is 4.09. The lowest BCUT2D eigenvalue weighted by Gasteiger charge is -2.24. The molecule has 0 aliphatic carbocycles.